The molecule has 4 rings (SSSR count). The van der Waals surface area contributed by atoms with Gasteiger partial charge in [0.2, 0.25) is 5.91 Å². The lowest BCUT2D eigenvalue weighted by molar-refractivity contribution is -0.137. The Morgan fingerprint density at radius 1 is 1.19 bits per heavy atom. The molecule has 1 amide bonds. The maximum absolute atomic E-state index is 12.9. The van der Waals surface area contributed by atoms with E-state index in [1.54, 1.807) is 24.1 Å². The number of amides is 1. The minimum Gasteiger partial charge on any atom is -0.368 e. The standard InChI is InChI=1S/C20H19F3N4O2S2/c1-25-18(29)15-5-10-30-17(15)24-19(25)31-12-16(28)27-8-6-26(7-9-27)14-4-2-3-13(11-14)20(21,22)23/h2-5,10-11H,6-9,12H2,1H3. The van der Waals surface area contributed by atoms with Gasteiger partial charge in [0.1, 0.15) is 4.83 Å². The van der Waals surface area contributed by atoms with Crippen LogP contribution in [0.1, 0.15) is 5.56 Å². The van der Waals surface area contributed by atoms with Crippen LogP contribution in [0.15, 0.2) is 45.7 Å². The molecule has 1 aliphatic heterocycles. The Morgan fingerprint density at radius 3 is 2.65 bits per heavy atom. The summed E-state index contributed by atoms with van der Waals surface area (Å²) in [5.74, 6) is 0.0509. The summed E-state index contributed by atoms with van der Waals surface area (Å²) in [5.41, 5.74) is -0.323. The highest BCUT2D eigenvalue weighted by Crippen LogP contribution is 2.32. The van der Waals surface area contributed by atoms with E-state index in [-0.39, 0.29) is 17.2 Å². The van der Waals surface area contributed by atoms with Crippen molar-refractivity contribution in [3.63, 3.8) is 0 Å². The van der Waals surface area contributed by atoms with Crippen molar-refractivity contribution < 1.29 is 18.0 Å². The van der Waals surface area contributed by atoms with Gasteiger partial charge in [0.15, 0.2) is 5.16 Å². The molecule has 31 heavy (non-hydrogen) atoms. The Kier molecular flexibility index (Phi) is 5.98. The Labute approximate surface area is 184 Å². The molecule has 2 aromatic heterocycles. The van der Waals surface area contributed by atoms with Crippen molar-refractivity contribution in [2.75, 3.05) is 36.8 Å². The van der Waals surface area contributed by atoms with Crippen LogP contribution in [-0.2, 0) is 18.0 Å². The van der Waals surface area contributed by atoms with Gasteiger partial charge in [-0.3, -0.25) is 14.2 Å². The minimum atomic E-state index is -4.38. The van der Waals surface area contributed by atoms with Crippen molar-refractivity contribution in [1.29, 1.82) is 0 Å². The number of halogens is 3. The normalized spacial score (nSPS) is 15.0. The topological polar surface area (TPSA) is 58.4 Å². The van der Waals surface area contributed by atoms with Gasteiger partial charge < -0.3 is 9.80 Å². The molecule has 3 heterocycles. The van der Waals surface area contributed by atoms with E-state index >= 15 is 0 Å². The van der Waals surface area contributed by atoms with Crippen LogP contribution in [0.2, 0.25) is 0 Å². The van der Waals surface area contributed by atoms with Crippen LogP contribution in [-0.4, -0.2) is 52.3 Å². The summed E-state index contributed by atoms with van der Waals surface area (Å²) in [7, 11) is 1.63. The molecule has 1 aliphatic rings. The van der Waals surface area contributed by atoms with Crippen LogP contribution < -0.4 is 10.5 Å². The van der Waals surface area contributed by atoms with Gasteiger partial charge in [-0.05, 0) is 29.6 Å². The van der Waals surface area contributed by atoms with Gasteiger partial charge >= 0.3 is 6.18 Å². The molecule has 1 aromatic carbocycles. The number of thioether (sulfide) groups is 1. The Morgan fingerprint density at radius 2 is 1.94 bits per heavy atom. The van der Waals surface area contributed by atoms with Crippen LogP contribution in [0.3, 0.4) is 0 Å². The van der Waals surface area contributed by atoms with E-state index in [2.05, 4.69) is 4.98 Å². The number of hydrogen-bond donors (Lipinski definition) is 0. The summed E-state index contributed by atoms with van der Waals surface area (Å²) < 4.78 is 40.3. The molecular formula is C20H19F3N4O2S2. The fourth-order valence-corrected chi connectivity index (χ4v) is 5.10. The maximum Gasteiger partial charge on any atom is 0.416 e. The van der Waals surface area contributed by atoms with Gasteiger partial charge in [-0.1, -0.05) is 17.8 Å². The highest BCUT2D eigenvalue weighted by Gasteiger charge is 2.31. The molecule has 164 valence electrons. The lowest BCUT2D eigenvalue weighted by atomic mass is 10.1. The number of carbonyl (C=O) groups excluding carboxylic acids is 1. The predicted molar refractivity (Wildman–Crippen MR) is 116 cm³/mol. The molecule has 0 N–H and O–H groups in total. The molecule has 1 fully saturated rings. The zero-order valence-electron chi connectivity index (χ0n) is 16.6. The molecule has 0 saturated carbocycles. The van der Waals surface area contributed by atoms with Gasteiger partial charge in [0.25, 0.3) is 5.56 Å². The molecule has 0 bridgehead atoms. The molecule has 3 aromatic rings. The van der Waals surface area contributed by atoms with Gasteiger partial charge in [-0.2, -0.15) is 13.2 Å². The first kappa shape index (κ1) is 21.7. The molecule has 1 saturated heterocycles. The summed E-state index contributed by atoms with van der Waals surface area (Å²) in [4.78, 5) is 33.6. The summed E-state index contributed by atoms with van der Waals surface area (Å²) in [6, 6.07) is 6.97. The second-order valence-electron chi connectivity index (χ2n) is 7.10. The van der Waals surface area contributed by atoms with Crippen LogP contribution in [0.5, 0.6) is 0 Å². The SMILES string of the molecule is Cn1c(SCC(=O)N2CCN(c3cccc(C(F)(F)F)c3)CC2)nc2sccc2c1=O. The Bertz CT molecular complexity index is 1170. The van der Waals surface area contributed by atoms with Crippen molar-refractivity contribution in [2.24, 2.45) is 7.05 Å². The molecule has 6 nitrogen and oxygen atoms in total. The number of piperazine rings is 1. The largest absolute Gasteiger partial charge is 0.416 e. The molecular weight excluding hydrogens is 449 g/mol. The number of aromatic nitrogens is 2. The van der Waals surface area contributed by atoms with Crippen LogP contribution in [0.25, 0.3) is 10.2 Å². The summed E-state index contributed by atoms with van der Waals surface area (Å²) in [6.07, 6.45) is -4.38. The highest BCUT2D eigenvalue weighted by molar-refractivity contribution is 7.99. The van der Waals surface area contributed by atoms with Gasteiger partial charge in [0, 0.05) is 38.9 Å². The molecule has 0 atom stereocenters. The van der Waals surface area contributed by atoms with E-state index in [1.807, 2.05) is 10.3 Å². The predicted octanol–water partition coefficient (Wildman–Crippen LogP) is 3.45. The third-order valence-corrected chi connectivity index (χ3v) is 6.98. The van der Waals surface area contributed by atoms with E-state index in [0.717, 1.165) is 12.1 Å². The maximum atomic E-state index is 12.9. The number of hydrogen-bond acceptors (Lipinski definition) is 6. The second-order valence-corrected chi connectivity index (χ2v) is 8.94. The summed E-state index contributed by atoms with van der Waals surface area (Å²) >= 11 is 2.59. The molecule has 0 spiro atoms. The van der Waals surface area contributed by atoms with Crippen molar-refractivity contribution >= 4 is 44.9 Å². The fraction of sp³-hybridized carbons (Fsp3) is 0.350. The van der Waals surface area contributed by atoms with Crippen molar-refractivity contribution in [3.8, 4) is 0 Å². The van der Waals surface area contributed by atoms with Gasteiger partial charge in [-0.15, -0.1) is 11.3 Å². The van der Waals surface area contributed by atoms with Crippen molar-refractivity contribution in [1.82, 2.24) is 14.5 Å². The first-order valence-electron chi connectivity index (χ1n) is 9.51. The number of anilines is 1. The molecule has 0 radical (unpaired) electrons. The van der Waals surface area contributed by atoms with Crippen LogP contribution in [0, 0.1) is 0 Å². The van der Waals surface area contributed by atoms with E-state index in [1.165, 1.54) is 33.7 Å². The zero-order valence-corrected chi connectivity index (χ0v) is 18.2. The molecule has 11 heteroatoms. The zero-order chi connectivity index (χ0) is 22.2. The third-order valence-electron chi connectivity index (χ3n) is 5.16. The smallest absolute Gasteiger partial charge is 0.368 e. The fourth-order valence-electron chi connectivity index (χ4n) is 3.42. The summed E-state index contributed by atoms with van der Waals surface area (Å²) in [5, 5.41) is 2.85. The molecule has 0 aliphatic carbocycles. The first-order valence-corrected chi connectivity index (χ1v) is 11.4. The van der Waals surface area contributed by atoms with E-state index in [9.17, 15) is 22.8 Å². The van der Waals surface area contributed by atoms with Crippen molar-refractivity contribution in [3.05, 3.63) is 51.6 Å². The average molecular weight is 469 g/mol. The monoisotopic (exact) mass is 468 g/mol. The van der Waals surface area contributed by atoms with E-state index in [0.29, 0.717) is 47.2 Å². The molecule has 0 unspecified atom stereocenters. The minimum absolute atomic E-state index is 0.0887. The third kappa shape index (κ3) is 4.57. The number of alkyl halides is 3. The number of nitrogens with zero attached hydrogens (tertiary/aromatic N) is 4. The van der Waals surface area contributed by atoms with E-state index in [4.69, 9.17) is 0 Å². The number of fused-ring (bicyclic) bond motifs is 1. The Hall–Kier alpha value is -2.53. The average Bonchev–Trinajstić information content (AvgIpc) is 3.23. The Balaban J connectivity index is 1.36. The number of benzene rings is 1. The lowest BCUT2D eigenvalue weighted by Crippen LogP contribution is -2.49. The number of carbonyl (C=O) groups is 1. The quantitative estimate of drug-likeness (QED) is 0.434. The lowest BCUT2D eigenvalue weighted by Gasteiger charge is -2.36. The van der Waals surface area contributed by atoms with Crippen molar-refractivity contribution in [2.45, 2.75) is 11.3 Å². The number of thiophene rings is 1. The van der Waals surface area contributed by atoms with Gasteiger partial charge in [0.05, 0.1) is 16.7 Å². The number of rotatable bonds is 4. The van der Waals surface area contributed by atoms with Gasteiger partial charge in [-0.25, -0.2) is 4.98 Å². The first-order chi connectivity index (χ1) is 14.7. The van der Waals surface area contributed by atoms with Crippen LogP contribution >= 0.6 is 23.1 Å². The summed E-state index contributed by atoms with van der Waals surface area (Å²) in [6.45, 7) is 1.75. The highest BCUT2D eigenvalue weighted by atomic mass is 32.2. The second kappa shape index (κ2) is 8.54. The van der Waals surface area contributed by atoms with Crippen LogP contribution in [0.4, 0.5) is 18.9 Å². The van der Waals surface area contributed by atoms with E-state index < -0.39 is 11.7 Å².